The summed E-state index contributed by atoms with van der Waals surface area (Å²) in [6.45, 7) is 0. The third-order valence-electron chi connectivity index (χ3n) is 2.30. The van der Waals surface area contributed by atoms with Gasteiger partial charge in [0, 0.05) is 24.0 Å². The number of fused-ring (bicyclic) bond motifs is 3. The van der Waals surface area contributed by atoms with Gasteiger partial charge < -0.3 is 0 Å². The molecule has 0 aliphatic rings. The van der Waals surface area contributed by atoms with Crippen molar-refractivity contribution in [2.24, 2.45) is 0 Å². The molecule has 1 aromatic carbocycles. The van der Waals surface area contributed by atoms with E-state index in [0.717, 1.165) is 21.9 Å². The van der Waals surface area contributed by atoms with E-state index in [1.807, 2.05) is 12.1 Å². The fraction of sp³-hybridized carbons (Fsp3) is 0. The smallest absolute Gasteiger partial charge is 0.115 e. The molecule has 0 saturated carbocycles. The first-order valence-corrected chi connectivity index (χ1v) is 4.88. The zero-order chi connectivity index (χ0) is 10.3. The van der Waals surface area contributed by atoms with Gasteiger partial charge in [-0.25, -0.2) is 0 Å². The first-order chi connectivity index (χ1) is 7.36. The predicted octanol–water partition coefficient (Wildman–Crippen LogP) is 2.83. The lowest BCUT2D eigenvalue weighted by Crippen LogP contribution is -1.86. The van der Waals surface area contributed by atoms with E-state index in [9.17, 15) is 0 Å². The number of halogens is 1. The average molecular weight is 216 g/mol. The van der Waals surface area contributed by atoms with Crippen LogP contribution in [-0.2, 0) is 0 Å². The Hall–Kier alpha value is -1.74. The van der Waals surface area contributed by atoms with Crippen LogP contribution in [0.15, 0.2) is 36.8 Å². The van der Waals surface area contributed by atoms with Gasteiger partial charge in [-0.15, -0.1) is 0 Å². The van der Waals surface area contributed by atoms with E-state index in [-0.39, 0.29) is 0 Å². The summed E-state index contributed by atoms with van der Waals surface area (Å²) >= 11 is 6.07. The summed E-state index contributed by atoms with van der Waals surface area (Å²) in [5, 5.41) is 1.60. The molecule has 0 atom stereocenters. The number of nitrogens with zero attached hydrogens (tertiary/aromatic N) is 3. The predicted molar refractivity (Wildman–Crippen MR) is 59.8 cm³/mol. The molecule has 15 heavy (non-hydrogen) atoms. The first kappa shape index (κ1) is 8.56. The van der Waals surface area contributed by atoms with E-state index >= 15 is 0 Å². The third-order valence-corrected chi connectivity index (χ3v) is 2.63. The Morgan fingerprint density at radius 3 is 2.53 bits per heavy atom. The highest BCUT2D eigenvalue weighted by Crippen LogP contribution is 2.25. The lowest BCUT2D eigenvalue weighted by atomic mass is 10.2. The molecule has 0 unspecified atom stereocenters. The molecule has 3 nitrogen and oxygen atoms in total. The molecule has 0 amide bonds. The van der Waals surface area contributed by atoms with Gasteiger partial charge >= 0.3 is 0 Å². The molecule has 0 spiro atoms. The Bertz CT molecular complexity index is 651. The van der Waals surface area contributed by atoms with E-state index < -0.39 is 0 Å². The van der Waals surface area contributed by atoms with Crippen LogP contribution in [0.5, 0.6) is 0 Å². The van der Waals surface area contributed by atoms with Gasteiger partial charge in [0.15, 0.2) is 0 Å². The summed E-state index contributed by atoms with van der Waals surface area (Å²) in [5.41, 5.74) is 2.42. The number of benzene rings is 1. The van der Waals surface area contributed by atoms with Crippen molar-refractivity contribution in [2.75, 3.05) is 0 Å². The van der Waals surface area contributed by atoms with Crippen molar-refractivity contribution in [3.63, 3.8) is 0 Å². The highest BCUT2D eigenvalue weighted by atomic mass is 35.5. The quantitative estimate of drug-likeness (QED) is 0.542. The second-order valence-electron chi connectivity index (χ2n) is 3.18. The van der Waals surface area contributed by atoms with E-state index in [2.05, 4.69) is 15.0 Å². The van der Waals surface area contributed by atoms with Crippen molar-refractivity contribution in [1.82, 2.24) is 15.0 Å². The molecule has 2 aromatic heterocycles. The molecule has 3 aromatic rings. The molecule has 0 aliphatic carbocycles. The van der Waals surface area contributed by atoms with Crippen LogP contribution < -0.4 is 0 Å². The minimum atomic E-state index is 0.688. The Kier molecular flexibility index (Phi) is 1.79. The van der Waals surface area contributed by atoms with E-state index in [1.54, 1.807) is 24.7 Å². The molecular weight excluding hydrogens is 210 g/mol. The van der Waals surface area contributed by atoms with Crippen LogP contribution in [-0.4, -0.2) is 15.0 Å². The Morgan fingerprint density at radius 2 is 1.60 bits per heavy atom. The van der Waals surface area contributed by atoms with Gasteiger partial charge in [-0.3, -0.25) is 15.0 Å². The summed E-state index contributed by atoms with van der Waals surface area (Å²) in [4.78, 5) is 12.8. The van der Waals surface area contributed by atoms with Crippen molar-refractivity contribution in [3.8, 4) is 0 Å². The van der Waals surface area contributed by atoms with Crippen LogP contribution in [0, 0.1) is 0 Å². The minimum Gasteiger partial charge on any atom is -0.254 e. The van der Waals surface area contributed by atoms with Crippen LogP contribution in [0.1, 0.15) is 0 Å². The highest BCUT2D eigenvalue weighted by Gasteiger charge is 2.05. The molecule has 0 radical (unpaired) electrons. The summed E-state index contributed by atoms with van der Waals surface area (Å²) in [6, 6.07) is 5.59. The summed E-state index contributed by atoms with van der Waals surface area (Å²) in [5.74, 6) is 0. The molecule has 0 saturated heterocycles. The van der Waals surface area contributed by atoms with Gasteiger partial charge in [-0.2, -0.15) is 0 Å². The maximum atomic E-state index is 6.07. The van der Waals surface area contributed by atoms with Crippen LogP contribution in [0.2, 0.25) is 5.02 Å². The fourth-order valence-corrected chi connectivity index (χ4v) is 1.82. The Morgan fingerprint density at radius 1 is 0.800 bits per heavy atom. The van der Waals surface area contributed by atoms with E-state index in [1.165, 1.54) is 0 Å². The van der Waals surface area contributed by atoms with Crippen LogP contribution >= 0.6 is 11.6 Å². The topological polar surface area (TPSA) is 38.7 Å². The van der Waals surface area contributed by atoms with Crippen molar-refractivity contribution >= 4 is 33.5 Å². The molecule has 72 valence electrons. The van der Waals surface area contributed by atoms with Gasteiger partial charge in [0.1, 0.15) is 5.52 Å². The van der Waals surface area contributed by atoms with Crippen molar-refractivity contribution < 1.29 is 0 Å². The number of hydrogen-bond donors (Lipinski definition) is 0. The monoisotopic (exact) mass is 215 g/mol. The number of pyridine rings is 1. The molecule has 2 heterocycles. The molecule has 0 fully saturated rings. The van der Waals surface area contributed by atoms with Crippen LogP contribution in [0.3, 0.4) is 0 Å². The van der Waals surface area contributed by atoms with Crippen molar-refractivity contribution in [1.29, 1.82) is 0 Å². The SMILES string of the molecule is Clc1ccnc2c1ccc1nccnc12. The second-order valence-corrected chi connectivity index (χ2v) is 3.59. The highest BCUT2D eigenvalue weighted by molar-refractivity contribution is 6.36. The zero-order valence-corrected chi connectivity index (χ0v) is 8.44. The van der Waals surface area contributed by atoms with E-state index in [0.29, 0.717) is 5.02 Å². The van der Waals surface area contributed by atoms with Crippen LogP contribution in [0.25, 0.3) is 21.9 Å². The van der Waals surface area contributed by atoms with Gasteiger partial charge in [-0.1, -0.05) is 11.6 Å². The number of rotatable bonds is 0. The molecular formula is C11H6ClN3. The Balaban J connectivity index is 2.60. The molecule has 0 bridgehead atoms. The minimum absolute atomic E-state index is 0.688. The number of aromatic nitrogens is 3. The molecule has 0 aliphatic heterocycles. The van der Waals surface area contributed by atoms with Gasteiger partial charge in [0.2, 0.25) is 0 Å². The normalized spacial score (nSPS) is 11.0. The summed E-state index contributed by atoms with van der Waals surface area (Å²) in [7, 11) is 0. The maximum absolute atomic E-state index is 6.07. The number of hydrogen-bond acceptors (Lipinski definition) is 3. The summed E-state index contributed by atoms with van der Waals surface area (Å²) in [6.07, 6.45) is 5.00. The van der Waals surface area contributed by atoms with Gasteiger partial charge in [0.25, 0.3) is 0 Å². The van der Waals surface area contributed by atoms with Crippen LogP contribution in [0.4, 0.5) is 0 Å². The molecule has 3 rings (SSSR count). The molecule has 0 N–H and O–H groups in total. The Labute approximate surface area is 90.8 Å². The second kappa shape index (κ2) is 3.14. The summed E-state index contributed by atoms with van der Waals surface area (Å²) < 4.78 is 0. The first-order valence-electron chi connectivity index (χ1n) is 4.50. The van der Waals surface area contributed by atoms with Crippen molar-refractivity contribution in [2.45, 2.75) is 0 Å². The molecule has 4 heteroatoms. The lowest BCUT2D eigenvalue weighted by molar-refractivity contribution is 1.29. The zero-order valence-electron chi connectivity index (χ0n) is 7.68. The fourth-order valence-electron chi connectivity index (χ4n) is 1.61. The average Bonchev–Trinajstić information content (AvgIpc) is 2.29. The van der Waals surface area contributed by atoms with Crippen molar-refractivity contribution in [3.05, 3.63) is 41.8 Å². The lowest BCUT2D eigenvalue weighted by Gasteiger charge is -2.01. The third kappa shape index (κ3) is 1.24. The maximum Gasteiger partial charge on any atom is 0.115 e. The largest absolute Gasteiger partial charge is 0.254 e. The van der Waals surface area contributed by atoms with Gasteiger partial charge in [0.05, 0.1) is 16.1 Å². The van der Waals surface area contributed by atoms with E-state index in [4.69, 9.17) is 11.6 Å². The standard InChI is InChI=1S/C11H6ClN3/c12-8-3-4-14-10-7(8)1-2-9-11(10)15-6-5-13-9/h1-6H. The van der Waals surface area contributed by atoms with Gasteiger partial charge in [-0.05, 0) is 18.2 Å².